The average Bonchev–Trinajstić information content (AvgIpc) is 3.21. The average molecular weight is 337 g/mol. The molecule has 1 saturated carbocycles. The molecule has 1 aromatic carbocycles. The van der Waals surface area contributed by atoms with E-state index in [1.807, 2.05) is 11.4 Å². The molecule has 2 heterocycles. The molecule has 0 bridgehead atoms. The molecular formula is C18H15N3O2S. The smallest absolute Gasteiger partial charge is 0.408 e. The van der Waals surface area contributed by atoms with Gasteiger partial charge in [-0.15, -0.1) is 11.3 Å². The lowest BCUT2D eigenvalue weighted by molar-refractivity contribution is 0.555. The molecule has 0 atom stereocenters. The topological polar surface area (TPSA) is 82.7 Å². The van der Waals surface area contributed by atoms with E-state index < -0.39 is 5.76 Å². The lowest BCUT2D eigenvalue weighted by Gasteiger charge is -2.14. The third-order valence-electron chi connectivity index (χ3n) is 4.36. The maximum Gasteiger partial charge on any atom is 0.417 e. The first-order chi connectivity index (χ1) is 11.7. The van der Waals surface area contributed by atoms with Gasteiger partial charge in [-0.05, 0) is 43.4 Å². The fourth-order valence-corrected chi connectivity index (χ4v) is 4.00. The molecular weight excluding hydrogens is 322 g/mol. The highest BCUT2D eigenvalue weighted by Crippen LogP contribution is 2.33. The quantitative estimate of drug-likeness (QED) is 0.699. The second kappa shape index (κ2) is 6.10. The summed E-state index contributed by atoms with van der Waals surface area (Å²) in [6.07, 6.45) is 5.55. The molecule has 0 unspecified atom stereocenters. The Kier molecular flexibility index (Phi) is 3.79. The van der Waals surface area contributed by atoms with E-state index in [1.54, 1.807) is 12.1 Å². The molecule has 120 valence electrons. The first kappa shape index (κ1) is 14.9. The summed E-state index contributed by atoms with van der Waals surface area (Å²) in [5, 5.41) is 12.3. The van der Waals surface area contributed by atoms with Crippen molar-refractivity contribution in [3.63, 3.8) is 0 Å². The van der Waals surface area contributed by atoms with Crippen molar-refractivity contribution < 1.29 is 4.42 Å². The van der Waals surface area contributed by atoms with E-state index in [1.165, 1.54) is 23.3 Å². The summed E-state index contributed by atoms with van der Waals surface area (Å²) >= 11 is 1.49. The molecule has 24 heavy (non-hydrogen) atoms. The van der Waals surface area contributed by atoms with Gasteiger partial charge in [-0.25, -0.2) is 9.78 Å². The van der Waals surface area contributed by atoms with E-state index >= 15 is 0 Å². The molecule has 1 N–H and O–H groups in total. The van der Waals surface area contributed by atoms with Gasteiger partial charge in [0.1, 0.15) is 11.1 Å². The van der Waals surface area contributed by atoms with Crippen LogP contribution in [0, 0.1) is 11.3 Å². The largest absolute Gasteiger partial charge is 0.417 e. The van der Waals surface area contributed by atoms with Gasteiger partial charge in [0.25, 0.3) is 0 Å². The summed E-state index contributed by atoms with van der Waals surface area (Å²) < 4.78 is 5.10. The van der Waals surface area contributed by atoms with Crippen LogP contribution in [0.4, 0.5) is 0 Å². The van der Waals surface area contributed by atoms with E-state index in [4.69, 9.17) is 4.42 Å². The third-order valence-corrected chi connectivity index (χ3v) is 5.22. The number of fused-ring (bicyclic) bond motifs is 1. The molecule has 1 aliphatic rings. The Balaban J connectivity index is 1.73. The van der Waals surface area contributed by atoms with Crippen LogP contribution in [-0.2, 0) is 0 Å². The molecule has 0 spiro atoms. The summed E-state index contributed by atoms with van der Waals surface area (Å²) in [6.45, 7) is 0. The number of H-pyrrole nitrogens is 1. The minimum Gasteiger partial charge on any atom is -0.408 e. The number of nitrogens with one attached hydrogen (secondary N) is 1. The van der Waals surface area contributed by atoms with Crippen LogP contribution in [-0.4, -0.2) is 9.97 Å². The van der Waals surface area contributed by atoms with Crippen LogP contribution in [0.2, 0.25) is 0 Å². The van der Waals surface area contributed by atoms with Crippen LogP contribution in [0.1, 0.15) is 37.1 Å². The maximum absolute atomic E-state index is 11.3. The van der Waals surface area contributed by atoms with Gasteiger partial charge in [0, 0.05) is 10.9 Å². The van der Waals surface area contributed by atoms with Crippen molar-refractivity contribution in [2.24, 2.45) is 0 Å². The monoisotopic (exact) mass is 337 g/mol. The summed E-state index contributed by atoms with van der Waals surface area (Å²) in [4.78, 5) is 18.5. The van der Waals surface area contributed by atoms with E-state index in [9.17, 15) is 10.1 Å². The second-order valence-electron chi connectivity index (χ2n) is 5.91. The summed E-state index contributed by atoms with van der Waals surface area (Å²) in [6, 6.07) is 7.85. The summed E-state index contributed by atoms with van der Waals surface area (Å²) in [5.41, 5.74) is 4.82. The van der Waals surface area contributed by atoms with Gasteiger partial charge in [-0.2, -0.15) is 5.26 Å². The molecule has 1 fully saturated rings. The first-order valence-corrected chi connectivity index (χ1v) is 8.84. The minimum absolute atomic E-state index is 0.463. The first-order valence-electron chi connectivity index (χ1n) is 7.96. The second-order valence-corrected chi connectivity index (χ2v) is 6.77. The third kappa shape index (κ3) is 2.68. The highest BCUT2D eigenvalue weighted by Gasteiger charge is 2.16. The van der Waals surface area contributed by atoms with Gasteiger partial charge in [0.2, 0.25) is 0 Å². The molecule has 0 saturated heterocycles. The Bertz CT molecular complexity index is 1020. The Morgan fingerprint density at radius 3 is 2.92 bits per heavy atom. The molecule has 2 aromatic heterocycles. The number of thiazole rings is 1. The lowest BCUT2D eigenvalue weighted by atomic mass is 9.91. The van der Waals surface area contributed by atoms with Crippen molar-refractivity contribution in [2.75, 3.05) is 0 Å². The number of hydrogen-bond acceptors (Lipinski definition) is 5. The SMILES string of the molecule is N#CC(=C1CCCCC1)c1nc(-c2ccc3[nH]c(=O)oc3c2)cs1. The van der Waals surface area contributed by atoms with Crippen LogP contribution in [0.3, 0.4) is 0 Å². The predicted molar refractivity (Wildman–Crippen MR) is 93.6 cm³/mol. The van der Waals surface area contributed by atoms with Gasteiger partial charge in [0.15, 0.2) is 5.58 Å². The number of nitriles is 1. The maximum atomic E-state index is 11.3. The van der Waals surface area contributed by atoms with Crippen molar-refractivity contribution in [1.29, 1.82) is 5.26 Å². The zero-order valence-electron chi connectivity index (χ0n) is 13.0. The van der Waals surface area contributed by atoms with Gasteiger partial charge >= 0.3 is 5.76 Å². The van der Waals surface area contributed by atoms with E-state index in [2.05, 4.69) is 16.0 Å². The van der Waals surface area contributed by atoms with Crippen molar-refractivity contribution in [3.05, 3.63) is 44.7 Å². The predicted octanol–water partition coefficient (Wildman–Crippen LogP) is 4.49. The number of aromatic nitrogens is 2. The van der Waals surface area contributed by atoms with Crippen LogP contribution in [0.15, 0.2) is 38.4 Å². The minimum atomic E-state index is -0.463. The van der Waals surface area contributed by atoms with Crippen molar-refractivity contribution in [1.82, 2.24) is 9.97 Å². The number of rotatable bonds is 2. The molecule has 0 radical (unpaired) electrons. The summed E-state index contributed by atoms with van der Waals surface area (Å²) in [7, 11) is 0. The Morgan fingerprint density at radius 1 is 1.29 bits per heavy atom. The zero-order valence-corrected chi connectivity index (χ0v) is 13.8. The molecule has 3 aromatic rings. The number of oxazole rings is 1. The van der Waals surface area contributed by atoms with Gasteiger partial charge < -0.3 is 4.42 Å². The van der Waals surface area contributed by atoms with E-state index in [0.29, 0.717) is 11.1 Å². The Morgan fingerprint density at radius 2 is 2.12 bits per heavy atom. The highest BCUT2D eigenvalue weighted by molar-refractivity contribution is 7.11. The molecule has 1 aliphatic carbocycles. The fraction of sp³-hybridized carbons (Fsp3) is 0.278. The molecule has 4 rings (SSSR count). The molecule has 0 amide bonds. The van der Waals surface area contributed by atoms with Crippen molar-refractivity contribution in [3.8, 4) is 17.3 Å². The van der Waals surface area contributed by atoms with Crippen LogP contribution < -0.4 is 5.76 Å². The van der Waals surface area contributed by atoms with Gasteiger partial charge in [0.05, 0.1) is 16.8 Å². The fourth-order valence-electron chi connectivity index (χ4n) is 3.13. The Hall–Kier alpha value is -2.65. The van der Waals surface area contributed by atoms with Crippen LogP contribution in [0.5, 0.6) is 0 Å². The molecule has 5 nitrogen and oxygen atoms in total. The van der Waals surface area contributed by atoms with Gasteiger partial charge in [-0.3, -0.25) is 4.98 Å². The van der Waals surface area contributed by atoms with Gasteiger partial charge in [-0.1, -0.05) is 12.5 Å². The zero-order chi connectivity index (χ0) is 16.5. The number of hydrogen-bond donors (Lipinski definition) is 1. The van der Waals surface area contributed by atoms with Crippen LogP contribution >= 0.6 is 11.3 Å². The normalized spacial score (nSPS) is 14.7. The van der Waals surface area contributed by atoms with E-state index in [0.717, 1.165) is 47.5 Å². The summed E-state index contributed by atoms with van der Waals surface area (Å²) in [5.74, 6) is -0.463. The number of allylic oxidation sites excluding steroid dienone is 2. The molecule has 6 heteroatoms. The highest BCUT2D eigenvalue weighted by atomic mass is 32.1. The van der Waals surface area contributed by atoms with Crippen LogP contribution in [0.25, 0.3) is 27.9 Å². The number of nitrogens with zero attached hydrogens (tertiary/aromatic N) is 2. The molecule has 0 aliphatic heterocycles. The number of aromatic amines is 1. The van der Waals surface area contributed by atoms with Crippen molar-refractivity contribution >= 4 is 28.0 Å². The Labute approximate surface area is 142 Å². The van der Waals surface area contributed by atoms with E-state index in [-0.39, 0.29) is 0 Å². The number of benzene rings is 1. The standard InChI is InChI=1S/C18H15N3O2S/c19-9-13(11-4-2-1-3-5-11)17-20-15(10-24-17)12-6-7-14-16(8-12)23-18(22)21-14/h6-8,10H,1-5H2,(H,21,22). The van der Waals surface area contributed by atoms with Crippen molar-refractivity contribution in [2.45, 2.75) is 32.1 Å². The lowest BCUT2D eigenvalue weighted by Crippen LogP contribution is -1.97.